The van der Waals surface area contributed by atoms with Crippen molar-refractivity contribution in [3.05, 3.63) is 65.8 Å². The van der Waals surface area contributed by atoms with Crippen LogP contribution in [0, 0.1) is 17.1 Å². The van der Waals surface area contributed by atoms with E-state index in [1.165, 1.54) is 40.0 Å². The van der Waals surface area contributed by atoms with Crippen molar-refractivity contribution in [3.63, 3.8) is 0 Å². The largest absolute Gasteiger partial charge is 0.508 e. The second-order valence-corrected chi connectivity index (χ2v) is 8.39. The van der Waals surface area contributed by atoms with E-state index in [1.54, 1.807) is 26.1 Å². The molecular weight excluding hydrogens is 469 g/mol. The first kappa shape index (κ1) is 25.2. The van der Waals surface area contributed by atoms with Crippen LogP contribution in [0.15, 0.2) is 48.6 Å². The van der Waals surface area contributed by atoms with E-state index in [1.807, 2.05) is 6.07 Å². The molecule has 1 aromatic carbocycles. The summed E-state index contributed by atoms with van der Waals surface area (Å²) >= 11 is 0. The lowest BCUT2D eigenvalue weighted by atomic mass is 9.95. The van der Waals surface area contributed by atoms with Crippen LogP contribution in [0.3, 0.4) is 0 Å². The number of hydrogen-bond acceptors (Lipinski definition) is 9. The fourth-order valence-electron chi connectivity index (χ4n) is 4.14. The normalized spacial score (nSPS) is 23.0. The molecular formula is C24H26FN7O4. The maximum absolute atomic E-state index is 14.3. The Bertz CT molecular complexity index is 1330. The van der Waals surface area contributed by atoms with E-state index in [4.69, 9.17) is 10.00 Å². The second-order valence-electron chi connectivity index (χ2n) is 8.39. The van der Waals surface area contributed by atoms with Crippen molar-refractivity contribution >= 4 is 5.70 Å². The van der Waals surface area contributed by atoms with Crippen LogP contribution < -0.4 is 0 Å². The average Bonchev–Trinajstić information content (AvgIpc) is 3.56. The number of hydrogen-bond donors (Lipinski definition) is 3. The molecule has 0 aliphatic carbocycles. The highest BCUT2D eigenvalue weighted by molar-refractivity contribution is 5.58. The summed E-state index contributed by atoms with van der Waals surface area (Å²) in [5.74, 6) is -0.0207. The molecule has 1 saturated heterocycles. The molecule has 3 heterocycles. The number of halogens is 1. The number of aliphatic hydroxyl groups is 3. The van der Waals surface area contributed by atoms with Gasteiger partial charge in [0.1, 0.15) is 41.9 Å². The van der Waals surface area contributed by atoms with Gasteiger partial charge in [0.05, 0.1) is 31.3 Å². The van der Waals surface area contributed by atoms with E-state index >= 15 is 0 Å². The maximum Gasteiger partial charge on any atom is 0.160 e. The maximum atomic E-state index is 14.3. The predicted molar refractivity (Wildman–Crippen MR) is 125 cm³/mol. The zero-order chi connectivity index (χ0) is 25.8. The molecule has 3 aromatic rings. The molecule has 1 aliphatic rings. The zero-order valence-electron chi connectivity index (χ0n) is 19.7. The third-order valence-electron chi connectivity index (χ3n) is 6.07. The molecule has 1 aliphatic heterocycles. The third kappa shape index (κ3) is 5.03. The Morgan fingerprint density at radius 2 is 2.19 bits per heavy atom. The summed E-state index contributed by atoms with van der Waals surface area (Å²) in [5, 5.41) is 51.9. The van der Waals surface area contributed by atoms with Crippen molar-refractivity contribution in [2.24, 2.45) is 0 Å². The highest BCUT2D eigenvalue weighted by Gasteiger charge is 2.41. The molecule has 12 heteroatoms. The summed E-state index contributed by atoms with van der Waals surface area (Å²) in [6.45, 7) is 3.01. The molecule has 1 fully saturated rings. The number of allylic oxidation sites excluding steroid dienone is 3. The van der Waals surface area contributed by atoms with Gasteiger partial charge in [0.15, 0.2) is 5.82 Å². The van der Waals surface area contributed by atoms with Gasteiger partial charge in [-0.15, -0.1) is 5.10 Å². The number of aliphatic hydroxyl groups excluding tert-OH is 3. The summed E-state index contributed by atoms with van der Waals surface area (Å²) in [4.78, 5) is 4.31. The van der Waals surface area contributed by atoms with E-state index in [2.05, 4.69) is 20.4 Å². The zero-order valence-corrected chi connectivity index (χ0v) is 19.7. The summed E-state index contributed by atoms with van der Waals surface area (Å²) in [6, 6.07) is 5.76. The molecule has 4 rings (SSSR count). The lowest BCUT2D eigenvalue weighted by Gasteiger charge is -2.38. The van der Waals surface area contributed by atoms with Gasteiger partial charge in [0.25, 0.3) is 0 Å². The molecule has 3 N–H and O–H groups in total. The minimum atomic E-state index is -1.10. The van der Waals surface area contributed by atoms with Crippen molar-refractivity contribution in [1.82, 2.24) is 29.8 Å². The molecule has 4 atom stereocenters. The fraction of sp³-hybridized carbons (Fsp3) is 0.375. The summed E-state index contributed by atoms with van der Waals surface area (Å²) in [7, 11) is 0. The minimum Gasteiger partial charge on any atom is -0.508 e. The average molecular weight is 496 g/mol. The van der Waals surface area contributed by atoms with Gasteiger partial charge in [-0.2, -0.15) is 10.4 Å². The lowest BCUT2D eigenvalue weighted by Crippen LogP contribution is -2.45. The van der Waals surface area contributed by atoms with Crippen LogP contribution in [0.4, 0.5) is 4.39 Å². The summed E-state index contributed by atoms with van der Waals surface area (Å²) in [5.41, 5.74) is 1.74. The van der Waals surface area contributed by atoms with Gasteiger partial charge in [-0.1, -0.05) is 17.3 Å². The SMILES string of the molecule is C/C=C(O)/C=C(\C)n1ncnc1C1CC(n2cc(-c3ccc(CC#N)c(F)c3)nn2)C(O)C(CO)O1. The molecule has 0 bridgehead atoms. The predicted octanol–water partition coefficient (Wildman–Crippen LogP) is 2.49. The quantitative estimate of drug-likeness (QED) is 0.331. The standard InChI is InChI=1S/C24H26FN7O4/c1-3-17(34)8-14(2)32-24(27-13-28-32)21-10-20(23(35)22(12-33)36-21)31-11-19(29-30-31)16-5-4-15(6-7-26)18(25)9-16/h3-5,8-9,11,13,20-23,33-35H,6,10,12H2,1-2H3/b14-8+,17-3-. The van der Waals surface area contributed by atoms with Crippen LogP contribution >= 0.6 is 0 Å². The Kier molecular flexibility index (Phi) is 7.54. The van der Waals surface area contributed by atoms with E-state index in [9.17, 15) is 19.7 Å². The van der Waals surface area contributed by atoms with Gasteiger partial charge in [-0.3, -0.25) is 0 Å². The van der Waals surface area contributed by atoms with Crippen molar-refractivity contribution < 1.29 is 24.4 Å². The lowest BCUT2D eigenvalue weighted by molar-refractivity contribution is -0.161. The van der Waals surface area contributed by atoms with Crippen LogP contribution in [0.25, 0.3) is 17.0 Å². The van der Waals surface area contributed by atoms with Crippen LogP contribution in [-0.4, -0.2) is 63.9 Å². The molecule has 2 aromatic heterocycles. The number of ether oxygens (including phenoxy) is 1. The summed E-state index contributed by atoms with van der Waals surface area (Å²) in [6.07, 6.45) is 3.51. The van der Waals surface area contributed by atoms with Crippen LogP contribution in [0.2, 0.25) is 0 Å². The first-order chi connectivity index (χ1) is 17.4. The van der Waals surface area contributed by atoms with Crippen LogP contribution in [-0.2, 0) is 11.2 Å². The van der Waals surface area contributed by atoms with Crippen molar-refractivity contribution in [1.29, 1.82) is 5.26 Å². The number of nitrogens with zero attached hydrogens (tertiary/aromatic N) is 7. The van der Waals surface area contributed by atoms with Crippen LogP contribution in [0.5, 0.6) is 0 Å². The first-order valence-corrected chi connectivity index (χ1v) is 11.3. The Morgan fingerprint density at radius 1 is 1.39 bits per heavy atom. The van der Waals surface area contributed by atoms with Crippen LogP contribution in [0.1, 0.15) is 43.8 Å². The van der Waals surface area contributed by atoms with Gasteiger partial charge in [0, 0.05) is 29.3 Å². The second kappa shape index (κ2) is 10.8. The highest BCUT2D eigenvalue weighted by atomic mass is 19.1. The number of rotatable bonds is 7. The smallest absolute Gasteiger partial charge is 0.160 e. The highest BCUT2D eigenvalue weighted by Crippen LogP contribution is 2.37. The molecule has 0 radical (unpaired) electrons. The third-order valence-corrected chi connectivity index (χ3v) is 6.07. The van der Waals surface area contributed by atoms with Crippen molar-refractivity contribution in [2.75, 3.05) is 6.61 Å². The Hall–Kier alpha value is -3.92. The molecule has 0 amide bonds. The first-order valence-electron chi connectivity index (χ1n) is 11.3. The molecule has 4 unspecified atom stereocenters. The molecule has 0 spiro atoms. The minimum absolute atomic E-state index is 0.0371. The van der Waals surface area contributed by atoms with Gasteiger partial charge in [-0.25, -0.2) is 18.7 Å². The van der Waals surface area contributed by atoms with Crippen molar-refractivity contribution in [3.8, 4) is 17.3 Å². The van der Waals surface area contributed by atoms with E-state index < -0.39 is 36.8 Å². The Balaban J connectivity index is 1.63. The number of nitriles is 1. The van der Waals surface area contributed by atoms with Gasteiger partial charge in [0.2, 0.25) is 0 Å². The monoisotopic (exact) mass is 495 g/mol. The van der Waals surface area contributed by atoms with E-state index in [0.29, 0.717) is 28.3 Å². The molecule has 11 nitrogen and oxygen atoms in total. The number of benzene rings is 1. The Morgan fingerprint density at radius 3 is 2.89 bits per heavy atom. The Labute approximate surface area is 206 Å². The number of aromatic nitrogens is 6. The van der Waals surface area contributed by atoms with E-state index in [0.717, 1.165) is 0 Å². The van der Waals surface area contributed by atoms with Gasteiger partial charge >= 0.3 is 0 Å². The molecule has 36 heavy (non-hydrogen) atoms. The molecule has 188 valence electrons. The van der Waals surface area contributed by atoms with Gasteiger partial charge in [-0.05, 0) is 26.0 Å². The molecule has 0 saturated carbocycles. The van der Waals surface area contributed by atoms with Gasteiger partial charge < -0.3 is 20.1 Å². The fourth-order valence-corrected chi connectivity index (χ4v) is 4.14. The van der Waals surface area contributed by atoms with E-state index in [-0.39, 0.29) is 18.6 Å². The summed E-state index contributed by atoms with van der Waals surface area (Å²) < 4.78 is 23.3. The van der Waals surface area contributed by atoms with Crippen molar-refractivity contribution in [2.45, 2.75) is 51.0 Å². The topological polar surface area (TPSA) is 155 Å².